The molecule has 116 valence electrons. The van der Waals surface area contributed by atoms with Crippen molar-refractivity contribution in [3.05, 3.63) is 35.1 Å². The molecule has 21 heavy (non-hydrogen) atoms. The predicted octanol–water partition coefficient (Wildman–Crippen LogP) is 4.09. The molecule has 2 nitrogen and oxygen atoms in total. The van der Waals surface area contributed by atoms with E-state index >= 15 is 0 Å². The minimum atomic E-state index is -4.81. The van der Waals surface area contributed by atoms with Crippen LogP contribution in [0.1, 0.15) is 29.3 Å². The number of likely N-dealkylation sites (tertiary alicyclic amines) is 1. The molecule has 2 unspecified atom stereocenters. The van der Waals surface area contributed by atoms with Crippen molar-refractivity contribution >= 4 is 21.8 Å². The maximum Gasteiger partial charge on any atom is 0.419 e. The van der Waals surface area contributed by atoms with Crippen molar-refractivity contribution in [1.29, 1.82) is 0 Å². The molecule has 1 aromatic rings. The number of nitrogens with zero attached hydrogens (tertiary/aromatic N) is 1. The van der Waals surface area contributed by atoms with Crippen molar-refractivity contribution in [2.75, 3.05) is 11.9 Å². The average molecular weight is 368 g/mol. The number of hydrogen-bond acceptors (Lipinski definition) is 1. The number of halogens is 5. The second-order valence-electron chi connectivity index (χ2n) is 5.15. The first-order chi connectivity index (χ1) is 9.77. The number of hydrogen-bond donors (Lipinski definition) is 0. The van der Waals surface area contributed by atoms with Gasteiger partial charge in [0.05, 0.1) is 11.1 Å². The summed E-state index contributed by atoms with van der Waals surface area (Å²) in [6.07, 6.45) is -4.06. The van der Waals surface area contributed by atoms with Gasteiger partial charge in [-0.3, -0.25) is 4.79 Å². The van der Waals surface area contributed by atoms with E-state index in [1.165, 1.54) is 4.90 Å². The second kappa shape index (κ2) is 5.94. The molecule has 0 saturated carbocycles. The Morgan fingerprint density at radius 3 is 2.67 bits per heavy atom. The lowest BCUT2D eigenvalue weighted by atomic mass is 10.0. The lowest BCUT2D eigenvalue weighted by Gasteiger charge is -2.26. The zero-order valence-electron chi connectivity index (χ0n) is 11.3. The van der Waals surface area contributed by atoms with Crippen LogP contribution in [-0.4, -0.2) is 28.7 Å². The molecule has 0 aliphatic carbocycles. The van der Waals surface area contributed by atoms with Crippen LogP contribution in [0.25, 0.3) is 0 Å². The average Bonchev–Trinajstić information content (AvgIpc) is 2.78. The van der Waals surface area contributed by atoms with Crippen LogP contribution in [0.4, 0.5) is 17.6 Å². The van der Waals surface area contributed by atoms with Crippen LogP contribution in [-0.2, 0) is 6.18 Å². The van der Waals surface area contributed by atoms with Gasteiger partial charge in [-0.1, -0.05) is 28.9 Å². The molecule has 1 heterocycles. The minimum Gasteiger partial charge on any atom is -0.334 e. The molecule has 1 amide bonds. The topological polar surface area (TPSA) is 20.3 Å². The number of benzene rings is 1. The van der Waals surface area contributed by atoms with Gasteiger partial charge in [0.25, 0.3) is 5.91 Å². The van der Waals surface area contributed by atoms with E-state index in [-0.39, 0.29) is 12.0 Å². The fourth-order valence-electron chi connectivity index (χ4n) is 2.57. The van der Waals surface area contributed by atoms with Gasteiger partial charge in [-0.15, -0.1) is 0 Å². The fourth-order valence-corrected chi connectivity index (χ4v) is 3.55. The van der Waals surface area contributed by atoms with Crippen molar-refractivity contribution < 1.29 is 22.4 Å². The summed E-state index contributed by atoms with van der Waals surface area (Å²) in [6, 6.07) is 2.66. The van der Waals surface area contributed by atoms with Crippen molar-refractivity contribution in [1.82, 2.24) is 4.90 Å². The molecule has 2 rings (SSSR count). The summed E-state index contributed by atoms with van der Waals surface area (Å²) in [5.41, 5.74) is -1.93. The SMILES string of the molecule is CC1CCN(C(=O)c2cccc(C(F)(F)F)c2F)C1CBr. The maximum absolute atomic E-state index is 14.0. The van der Waals surface area contributed by atoms with Gasteiger partial charge >= 0.3 is 6.18 Å². The first-order valence-electron chi connectivity index (χ1n) is 6.50. The molecular formula is C14H14BrF4NO. The van der Waals surface area contributed by atoms with Crippen molar-refractivity contribution in [3.8, 4) is 0 Å². The van der Waals surface area contributed by atoms with Crippen LogP contribution in [0.3, 0.4) is 0 Å². The van der Waals surface area contributed by atoms with Gasteiger partial charge in [0, 0.05) is 17.9 Å². The molecule has 0 N–H and O–H groups in total. The third-order valence-electron chi connectivity index (χ3n) is 3.84. The van der Waals surface area contributed by atoms with Crippen molar-refractivity contribution in [3.63, 3.8) is 0 Å². The summed E-state index contributed by atoms with van der Waals surface area (Å²) in [7, 11) is 0. The maximum atomic E-state index is 14.0. The monoisotopic (exact) mass is 367 g/mol. The van der Waals surface area contributed by atoms with Crippen LogP contribution < -0.4 is 0 Å². The van der Waals surface area contributed by atoms with Gasteiger partial charge in [-0.2, -0.15) is 13.2 Å². The van der Waals surface area contributed by atoms with Gasteiger partial charge < -0.3 is 4.90 Å². The zero-order chi connectivity index (χ0) is 15.8. The Labute approximate surface area is 128 Å². The fraction of sp³-hybridized carbons (Fsp3) is 0.500. The second-order valence-corrected chi connectivity index (χ2v) is 5.80. The third kappa shape index (κ3) is 3.07. The summed E-state index contributed by atoms with van der Waals surface area (Å²) < 4.78 is 52.1. The van der Waals surface area contributed by atoms with E-state index in [0.717, 1.165) is 18.6 Å². The Hall–Kier alpha value is -1.11. The van der Waals surface area contributed by atoms with E-state index in [4.69, 9.17) is 0 Å². The standard InChI is InChI=1S/C14H14BrF4NO/c1-8-5-6-20(11(8)7-15)13(21)9-3-2-4-10(12(9)16)14(17,18)19/h2-4,8,11H,5-7H2,1H3. The molecule has 1 fully saturated rings. The third-order valence-corrected chi connectivity index (χ3v) is 4.50. The highest BCUT2D eigenvalue weighted by molar-refractivity contribution is 9.09. The zero-order valence-corrected chi connectivity index (χ0v) is 12.8. The van der Waals surface area contributed by atoms with E-state index in [0.29, 0.717) is 17.9 Å². The summed E-state index contributed by atoms with van der Waals surface area (Å²) >= 11 is 3.30. The molecule has 1 saturated heterocycles. The molecule has 1 aliphatic heterocycles. The van der Waals surface area contributed by atoms with E-state index in [9.17, 15) is 22.4 Å². The highest BCUT2D eigenvalue weighted by Crippen LogP contribution is 2.34. The van der Waals surface area contributed by atoms with Crippen LogP contribution in [0.2, 0.25) is 0 Å². The van der Waals surface area contributed by atoms with E-state index in [1.54, 1.807) is 0 Å². The van der Waals surface area contributed by atoms with Crippen molar-refractivity contribution in [2.24, 2.45) is 5.92 Å². The molecule has 7 heteroatoms. The lowest BCUT2D eigenvalue weighted by Crippen LogP contribution is -2.39. The van der Waals surface area contributed by atoms with Gasteiger partial charge in [0.2, 0.25) is 0 Å². The minimum absolute atomic E-state index is 0.133. The first kappa shape index (κ1) is 16.3. The normalized spacial score (nSPS) is 22.7. The molecule has 1 aromatic carbocycles. The highest BCUT2D eigenvalue weighted by atomic mass is 79.9. The number of carbonyl (C=O) groups is 1. The molecular weight excluding hydrogens is 354 g/mol. The van der Waals surface area contributed by atoms with Crippen molar-refractivity contribution in [2.45, 2.75) is 25.6 Å². The molecule has 0 radical (unpaired) electrons. The van der Waals surface area contributed by atoms with Crippen LogP contribution in [0, 0.1) is 11.7 Å². The van der Waals surface area contributed by atoms with Gasteiger partial charge in [-0.05, 0) is 24.5 Å². The van der Waals surface area contributed by atoms with Crippen LogP contribution in [0.15, 0.2) is 18.2 Å². The van der Waals surface area contributed by atoms with Crippen LogP contribution in [0.5, 0.6) is 0 Å². The smallest absolute Gasteiger partial charge is 0.334 e. The van der Waals surface area contributed by atoms with Gasteiger partial charge in [-0.25, -0.2) is 4.39 Å². The molecule has 0 aromatic heterocycles. The number of alkyl halides is 4. The number of amides is 1. The first-order valence-corrected chi connectivity index (χ1v) is 7.62. The molecule has 0 spiro atoms. The Kier molecular flexibility index (Phi) is 4.60. The quantitative estimate of drug-likeness (QED) is 0.569. The van der Waals surface area contributed by atoms with Crippen LogP contribution >= 0.6 is 15.9 Å². The van der Waals surface area contributed by atoms with Gasteiger partial charge in [0.15, 0.2) is 0 Å². The Balaban J connectivity index is 2.37. The van der Waals surface area contributed by atoms with E-state index in [1.807, 2.05) is 6.92 Å². The summed E-state index contributed by atoms with van der Waals surface area (Å²) in [5, 5.41) is 0.514. The largest absolute Gasteiger partial charge is 0.419 e. The Bertz CT molecular complexity index is 546. The lowest BCUT2D eigenvalue weighted by molar-refractivity contribution is -0.140. The summed E-state index contributed by atoms with van der Waals surface area (Å²) in [5.74, 6) is -1.96. The summed E-state index contributed by atoms with van der Waals surface area (Å²) in [6.45, 7) is 2.38. The predicted molar refractivity (Wildman–Crippen MR) is 73.8 cm³/mol. The Morgan fingerprint density at radius 1 is 1.43 bits per heavy atom. The number of carbonyl (C=O) groups excluding carboxylic acids is 1. The molecule has 0 bridgehead atoms. The van der Waals surface area contributed by atoms with E-state index < -0.39 is 29.0 Å². The Morgan fingerprint density at radius 2 is 2.10 bits per heavy atom. The van der Waals surface area contributed by atoms with Gasteiger partial charge in [0.1, 0.15) is 5.82 Å². The molecule has 1 aliphatic rings. The van der Waals surface area contributed by atoms with E-state index in [2.05, 4.69) is 15.9 Å². The molecule has 2 atom stereocenters. The highest BCUT2D eigenvalue weighted by Gasteiger charge is 2.39. The number of rotatable bonds is 2. The summed E-state index contributed by atoms with van der Waals surface area (Å²) in [4.78, 5) is 13.8.